The van der Waals surface area contributed by atoms with Gasteiger partial charge in [-0.05, 0) is 0 Å². The molecule has 2 rings (SSSR count). The van der Waals surface area contributed by atoms with E-state index in [4.69, 9.17) is 0 Å². The second-order valence-electron chi connectivity index (χ2n) is 2.81. The number of rotatable bonds is 0. The number of fused-ring (bicyclic) bond motifs is 1. The summed E-state index contributed by atoms with van der Waals surface area (Å²) in [6, 6.07) is 0. The molecule has 1 aromatic heterocycles. The van der Waals surface area contributed by atoms with Crippen LogP contribution in [0, 0.1) is 0 Å². The van der Waals surface area contributed by atoms with Crippen molar-refractivity contribution in [2.45, 2.75) is 12.8 Å². The molecule has 0 fully saturated rings. The summed E-state index contributed by atoms with van der Waals surface area (Å²) < 4.78 is 6.67. The molecule has 0 saturated carbocycles. The fraction of sp³-hybridized carbons (Fsp3) is 0.714. The number of hydrogen-bond donors (Lipinski definition) is 1. The Kier molecular flexibility index (Phi) is 2.60. The van der Waals surface area contributed by atoms with Crippen molar-refractivity contribution in [3.63, 3.8) is 0 Å². The van der Waals surface area contributed by atoms with Crippen LogP contribution < -0.4 is 25.0 Å². The van der Waals surface area contributed by atoms with Gasteiger partial charge in [-0.25, -0.2) is 0 Å². The van der Waals surface area contributed by atoms with Crippen LogP contribution in [0.1, 0.15) is 11.4 Å². The van der Waals surface area contributed by atoms with E-state index in [0.717, 1.165) is 19.4 Å². The number of halogens is 1. The number of hydrogen-bond acceptors (Lipinski definition) is 3. The van der Waals surface area contributed by atoms with Gasteiger partial charge in [-0.15, -0.1) is 0 Å². The zero-order valence-electron chi connectivity index (χ0n) is 7.05. The maximum atomic E-state index is 4.16. The molecule has 0 saturated heterocycles. The molecule has 68 valence electrons. The molecule has 5 heteroatoms. The van der Waals surface area contributed by atoms with Gasteiger partial charge < -0.3 is 0 Å². The first-order chi connectivity index (χ1) is 5.88. The van der Waals surface area contributed by atoms with Crippen molar-refractivity contribution in [3.05, 3.63) is 11.4 Å². The standard InChI is InChI=1S/C7H12IN4/c1-12-7-3-5-9-8-4-2-6(7)10-11-12/h9H,2-5H2,1H3/q-1. The minimum absolute atomic E-state index is 0.226. The van der Waals surface area contributed by atoms with E-state index in [0.29, 0.717) is 0 Å². The van der Waals surface area contributed by atoms with Gasteiger partial charge in [-0.3, -0.25) is 0 Å². The Bertz CT molecular complexity index is 270. The maximum absolute atomic E-state index is 4.16. The molecule has 0 aliphatic carbocycles. The van der Waals surface area contributed by atoms with E-state index in [1.165, 1.54) is 15.8 Å². The fourth-order valence-electron chi connectivity index (χ4n) is 1.36. The first-order valence-corrected chi connectivity index (χ1v) is 6.67. The van der Waals surface area contributed by atoms with Gasteiger partial charge in [0.05, 0.1) is 0 Å². The van der Waals surface area contributed by atoms with Crippen molar-refractivity contribution in [1.29, 1.82) is 0 Å². The van der Waals surface area contributed by atoms with Crippen LogP contribution in [-0.4, -0.2) is 26.0 Å². The zero-order valence-corrected chi connectivity index (χ0v) is 9.21. The van der Waals surface area contributed by atoms with Crippen molar-refractivity contribution >= 4 is 0 Å². The van der Waals surface area contributed by atoms with Gasteiger partial charge in [-0.1, -0.05) is 0 Å². The minimum atomic E-state index is 0.226. The number of alkyl halides is 1. The summed E-state index contributed by atoms with van der Waals surface area (Å²) in [6.07, 6.45) is 2.20. The van der Waals surface area contributed by atoms with Crippen LogP contribution >= 0.6 is 0 Å². The third-order valence-corrected chi connectivity index (χ3v) is 4.16. The second kappa shape index (κ2) is 3.69. The second-order valence-corrected chi connectivity index (χ2v) is 5.42. The predicted octanol–water partition coefficient (Wildman–Crippen LogP) is -3.49. The van der Waals surface area contributed by atoms with Crippen LogP contribution in [0.15, 0.2) is 0 Å². The van der Waals surface area contributed by atoms with Crippen LogP contribution in [0.2, 0.25) is 0 Å². The third-order valence-electron chi connectivity index (χ3n) is 2.00. The Balaban J connectivity index is 2.26. The summed E-state index contributed by atoms with van der Waals surface area (Å²) in [5.74, 6) is 0. The normalized spacial score (nSPS) is 18.8. The molecular formula is C7H12IN4-. The van der Waals surface area contributed by atoms with Gasteiger partial charge in [0.2, 0.25) is 0 Å². The Morgan fingerprint density at radius 2 is 2.42 bits per heavy atom. The third kappa shape index (κ3) is 1.61. The summed E-state index contributed by atoms with van der Waals surface area (Å²) in [6.45, 7) is 1.10. The Hall–Kier alpha value is -0.170. The topological polar surface area (TPSA) is 42.7 Å². The first-order valence-electron chi connectivity index (χ1n) is 4.06. The quantitative estimate of drug-likeness (QED) is 0.304. The molecule has 0 atom stereocenters. The Morgan fingerprint density at radius 1 is 1.50 bits per heavy atom. The first kappa shape index (κ1) is 8.43. The number of aromatic nitrogens is 3. The average Bonchev–Trinajstić information content (AvgIpc) is 2.31. The number of nitrogens with one attached hydrogen (secondary N) is 1. The summed E-state index contributed by atoms with van der Waals surface area (Å²) >= 11 is 0.226. The molecule has 0 amide bonds. The molecule has 1 N–H and O–H groups in total. The summed E-state index contributed by atoms with van der Waals surface area (Å²) in [5, 5.41) is 8.19. The van der Waals surface area contributed by atoms with E-state index < -0.39 is 0 Å². The summed E-state index contributed by atoms with van der Waals surface area (Å²) in [7, 11) is 1.97. The Morgan fingerprint density at radius 3 is 3.33 bits per heavy atom. The molecule has 2 heterocycles. The van der Waals surface area contributed by atoms with Crippen LogP contribution in [-0.2, 0) is 19.9 Å². The van der Waals surface area contributed by atoms with Gasteiger partial charge in [0.15, 0.2) is 0 Å². The van der Waals surface area contributed by atoms with Crippen molar-refractivity contribution in [1.82, 2.24) is 18.5 Å². The monoisotopic (exact) mass is 279 g/mol. The van der Waals surface area contributed by atoms with E-state index in [1.807, 2.05) is 11.7 Å². The van der Waals surface area contributed by atoms with Crippen molar-refractivity contribution in [2.24, 2.45) is 7.05 Å². The van der Waals surface area contributed by atoms with E-state index in [1.54, 1.807) is 0 Å². The molecule has 0 spiro atoms. The SMILES string of the molecule is Cn1nnc2c1CCN[I-]CC2. The van der Waals surface area contributed by atoms with Gasteiger partial charge in [-0.2, -0.15) is 0 Å². The van der Waals surface area contributed by atoms with Gasteiger partial charge in [0, 0.05) is 0 Å². The molecule has 1 aromatic rings. The van der Waals surface area contributed by atoms with Gasteiger partial charge >= 0.3 is 82.3 Å². The van der Waals surface area contributed by atoms with E-state index in [9.17, 15) is 0 Å². The van der Waals surface area contributed by atoms with Crippen molar-refractivity contribution in [3.8, 4) is 0 Å². The summed E-state index contributed by atoms with van der Waals surface area (Å²) in [4.78, 5) is 0. The van der Waals surface area contributed by atoms with Crippen LogP contribution in [0.25, 0.3) is 0 Å². The summed E-state index contributed by atoms with van der Waals surface area (Å²) in [5.41, 5.74) is 2.53. The fourth-order valence-corrected chi connectivity index (χ4v) is 3.17. The van der Waals surface area contributed by atoms with Gasteiger partial charge in [0.1, 0.15) is 0 Å². The average molecular weight is 279 g/mol. The molecule has 0 radical (unpaired) electrons. The van der Waals surface area contributed by atoms with Crippen molar-refractivity contribution < 1.29 is 21.5 Å². The van der Waals surface area contributed by atoms with E-state index in [2.05, 4.69) is 13.8 Å². The van der Waals surface area contributed by atoms with E-state index in [-0.39, 0.29) is 21.5 Å². The molecular weight excluding hydrogens is 267 g/mol. The Labute approximate surface area is 82.3 Å². The van der Waals surface area contributed by atoms with Crippen LogP contribution in [0.5, 0.6) is 0 Å². The predicted molar refractivity (Wildman–Crippen MR) is 41.3 cm³/mol. The number of aryl methyl sites for hydroxylation is 2. The molecule has 0 aromatic carbocycles. The molecule has 0 bridgehead atoms. The molecule has 0 unspecified atom stereocenters. The van der Waals surface area contributed by atoms with Crippen molar-refractivity contribution in [2.75, 3.05) is 11.0 Å². The number of nitrogens with zero attached hydrogens (tertiary/aromatic N) is 3. The molecule has 4 nitrogen and oxygen atoms in total. The zero-order chi connectivity index (χ0) is 8.39. The van der Waals surface area contributed by atoms with Crippen LogP contribution in [0.4, 0.5) is 0 Å². The molecule has 1 aliphatic rings. The van der Waals surface area contributed by atoms with E-state index >= 15 is 0 Å². The molecule has 12 heavy (non-hydrogen) atoms. The van der Waals surface area contributed by atoms with Crippen LogP contribution in [0.3, 0.4) is 0 Å². The van der Waals surface area contributed by atoms with Gasteiger partial charge in [0.25, 0.3) is 0 Å². The molecule has 1 aliphatic heterocycles.